The molecule has 0 spiro atoms. The van der Waals surface area contributed by atoms with Gasteiger partial charge in [0.05, 0.1) is 4.92 Å². The number of carbonyl (C=O) groups excluding carboxylic acids is 1. The fraction of sp³-hybridized carbons (Fsp3) is 0.143. The molecule has 21 heavy (non-hydrogen) atoms. The Labute approximate surface area is 119 Å². The summed E-state index contributed by atoms with van der Waals surface area (Å²) in [4.78, 5) is 26.1. The Balaban J connectivity index is 2.03. The van der Waals surface area contributed by atoms with Crippen LogP contribution in [0.1, 0.15) is 16.1 Å². The first kappa shape index (κ1) is 14.6. The summed E-state index contributed by atoms with van der Waals surface area (Å²) in [5.74, 6) is -1.38. The van der Waals surface area contributed by atoms with Gasteiger partial charge in [0.2, 0.25) is 0 Å². The lowest BCUT2D eigenvalue weighted by atomic mass is 10.1. The van der Waals surface area contributed by atoms with Crippen molar-refractivity contribution in [1.82, 2.24) is 10.3 Å². The monoisotopic (exact) mass is 289 g/mol. The number of nitro groups is 1. The molecule has 0 aliphatic rings. The summed E-state index contributed by atoms with van der Waals surface area (Å²) in [6.07, 6.45) is 2.12. The molecule has 0 saturated carbocycles. The summed E-state index contributed by atoms with van der Waals surface area (Å²) in [7, 11) is 0. The molecule has 0 saturated heterocycles. The molecule has 1 aromatic heterocycles. The molecule has 0 bridgehead atoms. The van der Waals surface area contributed by atoms with Gasteiger partial charge in [0.15, 0.2) is 0 Å². The molecule has 0 atom stereocenters. The van der Waals surface area contributed by atoms with Crippen LogP contribution >= 0.6 is 0 Å². The van der Waals surface area contributed by atoms with Gasteiger partial charge in [-0.15, -0.1) is 0 Å². The van der Waals surface area contributed by atoms with E-state index in [-0.39, 0.29) is 12.1 Å². The fourth-order valence-electron chi connectivity index (χ4n) is 1.79. The van der Waals surface area contributed by atoms with E-state index in [0.717, 1.165) is 23.9 Å². The maximum absolute atomic E-state index is 13.1. The number of benzene rings is 1. The average molecular weight is 289 g/mol. The maximum atomic E-state index is 13.1. The van der Waals surface area contributed by atoms with E-state index < -0.39 is 22.3 Å². The molecule has 1 aromatic carbocycles. The molecule has 6 nitrogen and oxygen atoms in total. The maximum Gasteiger partial charge on any atom is 0.282 e. The van der Waals surface area contributed by atoms with Crippen molar-refractivity contribution in [2.45, 2.75) is 6.42 Å². The third-order valence-electron chi connectivity index (χ3n) is 2.79. The molecule has 0 aliphatic carbocycles. The largest absolute Gasteiger partial charge is 0.351 e. The van der Waals surface area contributed by atoms with Crippen molar-refractivity contribution in [2.75, 3.05) is 6.54 Å². The van der Waals surface area contributed by atoms with Crippen LogP contribution in [0.3, 0.4) is 0 Å². The van der Waals surface area contributed by atoms with Crippen molar-refractivity contribution in [1.29, 1.82) is 0 Å². The van der Waals surface area contributed by atoms with Crippen LogP contribution in [0.25, 0.3) is 0 Å². The molecule has 0 radical (unpaired) electrons. The number of carbonyl (C=O) groups is 1. The summed E-state index contributed by atoms with van der Waals surface area (Å²) >= 11 is 0. The minimum absolute atomic E-state index is 0.253. The van der Waals surface area contributed by atoms with Crippen molar-refractivity contribution in [3.8, 4) is 0 Å². The van der Waals surface area contributed by atoms with E-state index >= 15 is 0 Å². The van der Waals surface area contributed by atoms with E-state index in [1.54, 1.807) is 18.3 Å². The van der Waals surface area contributed by atoms with Gasteiger partial charge in [0.1, 0.15) is 11.4 Å². The van der Waals surface area contributed by atoms with Crippen LogP contribution in [0.2, 0.25) is 0 Å². The zero-order chi connectivity index (χ0) is 15.2. The van der Waals surface area contributed by atoms with Gasteiger partial charge in [0, 0.05) is 30.9 Å². The number of nitro benzene ring substituents is 1. The smallest absolute Gasteiger partial charge is 0.282 e. The van der Waals surface area contributed by atoms with Crippen LogP contribution in [0.15, 0.2) is 42.6 Å². The molecule has 108 valence electrons. The number of pyridine rings is 1. The number of nitrogens with zero attached hydrogens (tertiary/aromatic N) is 2. The van der Waals surface area contributed by atoms with Gasteiger partial charge in [-0.3, -0.25) is 19.9 Å². The van der Waals surface area contributed by atoms with Crippen molar-refractivity contribution in [3.05, 3.63) is 69.8 Å². The lowest BCUT2D eigenvalue weighted by molar-refractivity contribution is -0.385. The molecule has 2 rings (SSSR count). The van der Waals surface area contributed by atoms with Crippen molar-refractivity contribution < 1.29 is 14.1 Å². The van der Waals surface area contributed by atoms with Crippen molar-refractivity contribution >= 4 is 11.6 Å². The highest BCUT2D eigenvalue weighted by Crippen LogP contribution is 2.19. The second-order valence-corrected chi connectivity index (χ2v) is 4.25. The highest BCUT2D eigenvalue weighted by Gasteiger charge is 2.20. The Kier molecular flexibility index (Phi) is 4.55. The lowest BCUT2D eigenvalue weighted by Gasteiger charge is -2.06. The zero-order valence-corrected chi connectivity index (χ0v) is 11.0. The van der Waals surface area contributed by atoms with Crippen LogP contribution in [-0.4, -0.2) is 22.4 Å². The molecular formula is C14H12FN3O3. The Morgan fingerprint density at radius 2 is 2.14 bits per heavy atom. The SMILES string of the molecule is O=C(NCCc1ccccn1)c1cc(F)ccc1[N+](=O)[O-]. The van der Waals surface area contributed by atoms with E-state index in [4.69, 9.17) is 0 Å². The van der Waals surface area contributed by atoms with E-state index in [0.29, 0.717) is 6.42 Å². The zero-order valence-electron chi connectivity index (χ0n) is 11.0. The van der Waals surface area contributed by atoms with E-state index in [1.807, 2.05) is 6.07 Å². The quantitative estimate of drug-likeness (QED) is 0.674. The predicted molar refractivity (Wildman–Crippen MR) is 73.3 cm³/mol. The predicted octanol–water partition coefficient (Wildman–Crippen LogP) is 2.10. The van der Waals surface area contributed by atoms with Crippen molar-refractivity contribution in [3.63, 3.8) is 0 Å². The van der Waals surface area contributed by atoms with Crippen LogP contribution in [0, 0.1) is 15.9 Å². The van der Waals surface area contributed by atoms with Crippen LogP contribution in [0.5, 0.6) is 0 Å². The minimum atomic E-state index is -0.715. The number of hydrogen-bond donors (Lipinski definition) is 1. The Bertz CT molecular complexity index is 662. The first-order valence-corrected chi connectivity index (χ1v) is 6.20. The molecule has 7 heteroatoms. The summed E-state index contributed by atoms with van der Waals surface area (Å²) in [5.41, 5.74) is 0.0688. The Hall–Kier alpha value is -2.83. The minimum Gasteiger partial charge on any atom is -0.351 e. The molecule has 0 unspecified atom stereocenters. The third kappa shape index (κ3) is 3.82. The molecule has 1 heterocycles. The molecule has 1 N–H and O–H groups in total. The van der Waals surface area contributed by atoms with Gasteiger partial charge in [-0.05, 0) is 24.3 Å². The van der Waals surface area contributed by atoms with Gasteiger partial charge < -0.3 is 5.32 Å². The van der Waals surface area contributed by atoms with Crippen LogP contribution in [-0.2, 0) is 6.42 Å². The molecule has 2 aromatic rings. The summed E-state index contributed by atoms with van der Waals surface area (Å²) in [6.45, 7) is 0.253. The number of hydrogen-bond acceptors (Lipinski definition) is 4. The van der Waals surface area contributed by atoms with E-state index in [2.05, 4.69) is 10.3 Å². The summed E-state index contributed by atoms with van der Waals surface area (Å²) in [5, 5.41) is 13.3. The van der Waals surface area contributed by atoms with Gasteiger partial charge in [-0.1, -0.05) is 6.07 Å². The highest BCUT2D eigenvalue weighted by molar-refractivity contribution is 5.98. The third-order valence-corrected chi connectivity index (χ3v) is 2.79. The number of halogens is 1. The lowest BCUT2D eigenvalue weighted by Crippen LogP contribution is -2.26. The molecule has 0 aliphatic heterocycles. The second kappa shape index (κ2) is 6.56. The number of aromatic nitrogens is 1. The number of amides is 1. The van der Waals surface area contributed by atoms with Gasteiger partial charge in [-0.2, -0.15) is 0 Å². The Morgan fingerprint density at radius 3 is 2.81 bits per heavy atom. The molecule has 1 amide bonds. The first-order chi connectivity index (χ1) is 10.1. The second-order valence-electron chi connectivity index (χ2n) is 4.25. The molecule has 0 fully saturated rings. The number of rotatable bonds is 5. The van der Waals surface area contributed by atoms with E-state index in [9.17, 15) is 19.3 Å². The van der Waals surface area contributed by atoms with Gasteiger partial charge >= 0.3 is 0 Å². The normalized spacial score (nSPS) is 10.1. The van der Waals surface area contributed by atoms with E-state index in [1.165, 1.54) is 0 Å². The van der Waals surface area contributed by atoms with Crippen molar-refractivity contribution in [2.24, 2.45) is 0 Å². The highest BCUT2D eigenvalue weighted by atomic mass is 19.1. The summed E-state index contributed by atoms with van der Waals surface area (Å²) in [6, 6.07) is 8.18. The van der Waals surface area contributed by atoms with Crippen LogP contribution < -0.4 is 5.32 Å². The standard InChI is InChI=1S/C14H12FN3O3/c15-10-4-5-13(18(20)21)12(9-10)14(19)17-8-6-11-3-1-2-7-16-11/h1-5,7,9H,6,8H2,(H,17,19). The number of nitrogens with one attached hydrogen (secondary N) is 1. The van der Waals surface area contributed by atoms with Gasteiger partial charge in [0.25, 0.3) is 11.6 Å². The summed E-state index contributed by atoms with van der Waals surface area (Å²) < 4.78 is 13.1. The average Bonchev–Trinajstić information content (AvgIpc) is 2.47. The van der Waals surface area contributed by atoms with Gasteiger partial charge in [-0.25, -0.2) is 4.39 Å². The Morgan fingerprint density at radius 1 is 1.33 bits per heavy atom. The topological polar surface area (TPSA) is 85.1 Å². The fourth-order valence-corrected chi connectivity index (χ4v) is 1.79. The molecular weight excluding hydrogens is 277 g/mol. The van der Waals surface area contributed by atoms with Crippen LogP contribution in [0.4, 0.5) is 10.1 Å². The first-order valence-electron chi connectivity index (χ1n) is 6.20.